The van der Waals surface area contributed by atoms with E-state index in [4.69, 9.17) is 0 Å². The molecule has 4 heteroatoms. The Hall–Kier alpha value is -1.29. The molecular weight excluding hydrogens is 372 g/mol. The number of hydrogen-bond acceptors (Lipinski definition) is 1. The van der Waals surface area contributed by atoms with E-state index >= 15 is 0 Å². The second kappa shape index (κ2) is 7.08. The molecular formula is C19H20BrClN2. The summed E-state index contributed by atoms with van der Waals surface area (Å²) in [7, 11) is 0. The van der Waals surface area contributed by atoms with E-state index in [1.54, 1.807) is 0 Å². The Bertz CT molecular complexity index is 798. The number of rotatable bonds is 3. The molecule has 2 N–H and O–H groups in total. The minimum atomic E-state index is 0. The Morgan fingerprint density at radius 1 is 1.13 bits per heavy atom. The van der Waals surface area contributed by atoms with Crippen LogP contribution in [-0.4, -0.2) is 4.98 Å². The number of hydrogen-bond donors (Lipinski definition) is 2. The van der Waals surface area contributed by atoms with Gasteiger partial charge in [0.15, 0.2) is 0 Å². The maximum atomic E-state index is 3.73. The van der Waals surface area contributed by atoms with Crippen LogP contribution >= 0.6 is 28.3 Å². The van der Waals surface area contributed by atoms with Crippen molar-refractivity contribution >= 4 is 39.2 Å². The molecule has 1 aliphatic rings. The molecule has 3 aromatic rings. The smallest absolute Gasteiger partial charge is 0.0478 e. The van der Waals surface area contributed by atoms with E-state index in [1.165, 1.54) is 47.0 Å². The van der Waals surface area contributed by atoms with Crippen LogP contribution < -0.4 is 5.32 Å². The first-order valence-corrected chi connectivity index (χ1v) is 8.68. The maximum absolute atomic E-state index is 3.73. The molecule has 4 rings (SSSR count). The van der Waals surface area contributed by atoms with Crippen LogP contribution in [0.4, 0.5) is 0 Å². The van der Waals surface area contributed by atoms with Gasteiger partial charge in [-0.3, -0.25) is 0 Å². The van der Waals surface area contributed by atoms with Crippen LogP contribution in [0, 0.1) is 0 Å². The molecule has 0 radical (unpaired) electrons. The fourth-order valence-electron chi connectivity index (χ4n) is 3.48. The molecule has 0 fully saturated rings. The summed E-state index contributed by atoms with van der Waals surface area (Å²) in [6, 6.07) is 17.6. The highest BCUT2D eigenvalue weighted by atomic mass is 79.9. The third-order valence-corrected chi connectivity index (χ3v) is 5.06. The highest BCUT2D eigenvalue weighted by molar-refractivity contribution is 9.10. The summed E-state index contributed by atoms with van der Waals surface area (Å²) in [6.45, 7) is 0.921. The largest absolute Gasteiger partial charge is 0.357 e. The minimum Gasteiger partial charge on any atom is -0.357 e. The zero-order valence-corrected chi connectivity index (χ0v) is 15.2. The molecule has 1 aromatic heterocycles. The summed E-state index contributed by atoms with van der Waals surface area (Å²) in [5.74, 6) is 0. The minimum absolute atomic E-state index is 0. The van der Waals surface area contributed by atoms with Crippen LogP contribution in [0.3, 0.4) is 0 Å². The first-order valence-electron chi connectivity index (χ1n) is 7.88. The van der Waals surface area contributed by atoms with E-state index in [1.807, 2.05) is 0 Å². The van der Waals surface area contributed by atoms with Crippen molar-refractivity contribution < 1.29 is 0 Å². The van der Waals surface area contributed by atoms with Crippen LogP contribution in [0.25, 0.3) is 10.9 Å². The van der Waals surface area contributed by atoms with Crippen molar-refractivity contribution in [2.45, 2.75) is 31.8 Å². The Morgan fingerprint density at radius 3 is 2.78 bits per heavy atom. The topological polar surface area (TPSA) is 27.8 Å². The average molecular weight is 392 g/mol. The lowest BCUT2D eigenvalue weighted by Gasteiger charge is -2.24. The summed E-state index contributed by atoms with van der Waals surface area (Å²) in [5.41, 5.74) is 5.47. The van der Waals surface area contributed by atoms with Gasteiger partial charge in [0.2, 0.25) is 0 Å². The Kier molecular flexibility index (Phi) is 5.10. The van der Waals surface area contributed by atoms with Gasteiger partial charge in [0, 0.05) is 33.7 Å². The quantitative estimate of drug-likeness (QED) is 0.604. The average Bonchev–Trinajstić information content (AvgIpc) is 2.92. The molecule has 2 nitrogen and oxygen atoms in total. The third-order valence-electron chi connectivity index (χ3n) is 4.56. The summed E-state index contributed by atoms with van der Waals surface area (Å²) in [6.07, 6.45) is 3.64. The molecule has 23 heavy (non-hydrogen) atoms. The van der Waals surface area contributed by atoms with Crippen molar-refractivity contribution in [2.24, 2.45) is 0 Å². The summed E-state index contributed by atoms with van der Waals surface area (Å²) in [5, 5.41) is 5.11. The summed E-state index contributed by atoms with van der Waals surface area (Å²) >= 11 is 3.57. The number of aromatic amines is 1. The molecule has 0 saturated heterocycles. The molecule has 0 spiro atoms. The van der Waals surface area contributed by atoms with Crippen molar-refractivity contribution in [3.63, 3.8) is 0 Å². The second-order valence-electron chi connectivity index (χ2n) is 6.02. The van der Waals surface area contributed by atoms with Gasteiger partial charge < -0.3 is 10.3 Å². The number of nitrogens with one attached hydrogen (secondary N) is 2. The van der Waals surface area contributed by atoms with Crippen LogP contribution in [0.5, 0.6) is 0 Å². The lowest BCUT2D eigenvalue weighted by Crippen LogP contribution is -2.24. The number of benzene rings is 2. The normalized spacial score (nSPS) is 16.8. The van der Waals surface area contributed by atoms with Gasteiger partial charge >= 0.3 is 0 Å². The van der Waals surface area contributed by atoms with Crippen molar-refractivity contribution in [2.75, 3.05) is 0 Å². The number of halogens is 2. The van der Waals surface area contributed by atoms with Gasteiger partial charge in [-0.15, -0.1) is 12.4 Å². The van der Waals surface area contributed by atoms with Crippen molar-refractivity contribution in [1.29, 1.82) is 0 Å². The number of H-pyrrole nitrogens is 1. The lowest BCUT2D eigenvalue weighted by molar-refractivity contribution is 0.452. The second-order valence-corrected chi connectivity index (χ2v) is 6.93. The van der Waals surface area contributed by atoms with Gasteiger partial charge in [0.25, 0.3) is 0 Å². The molecule has 0 saturated carbocycles. The van der Waals surface area contributed by atoms with Crippen LogP contribution in [0.15, 0.2) is 53.0 Å². The van der Waals surface area contributed by atoms with Gasteiger partial charge in [-0.25, -0.2) is 0 Å². The van der Waals surface area contributed by atoms with Gasteiger partial charge in [-0.2, -0.15) is 0 Å². The molecule has 120 valence electrons. The fraction of sp³-hybridized carbons (Fsp3) is 0.263. The van der Waals surface area contributed by atoms with Crippen molar-refractivity contribution in [3.8, 4) is 0 Å². The highest BCUT2D eigenvalue weighted by Gasteiger charge is 2.23. The van der Waals surface area contributed by atoms with E-state index in [2.05, 4.69) is 74.8 Å². The predicted molar refractivity (Wildman–Crippen MR) is 102 cm³/mol. The summed E-state index contributed by atoms with van der Waals surface area (Å²) in [4.78, 5) is 3.65. The molecule has 1 unspecified atom stereocenters. The van der Waals surface area contributed by atoms with E-state index < -0.39 is 0 Å². The van der Waals surface area contributed by atoms with Crippen LogP contribution in [0.1, 0.15) is 35.7 Å². The zero-order valence-electron chi connectivity index (χ0n) is 12.8. The van der Waals surface area contributed by atoms with Crippen LogP contribution in [0.2, 0.25) is 0 Å². The molecule has 0 amide bonds. The van der Waals surface area contributed by atoms with Gasteiger partial charge in [-0.1, -0.05) is 52.3 Å². The molecule has 0 bridgehead atoms. The zero-order chi connectivity index (χ0) is 14.9. The van der Waals surface area contributed by atoms with E-state index in [-0.39, 0.29) is 12.4 Å². The van der Waals surface area contributed by atoms with Gasteiger partial charge in [-0.05, 0) is 42.5 Å². The molecule has 1 aliphatic carbocycles. The summed E-state index contributed by atoms with van der Waals surface area (Å²) < 4.78 is 1.13. The molecule has 0 aliphatic heterocycles. The number of aryl methyl sites for hydroxylation is 1. The van der Waals surface area contributed by atoms with Gasteiger partial charge in [0.1, 0.15) is 0 Å². The van der Waals surface area contributed by atoms with Gasteiger partial charge in [0.05, 0.1) is 0 Å². The number of aromatic nitrogens is 1. The van der Waals surface area contributed by atoms with E-state index in [9.17, 15) is 0 Å². The standard InChI is InChI=1S/C19H19BrN2.ClH/c20-14-9-10-15-16-7-4-8-17(19(16)22-18(15)11-14)21-12-13-5-2-1-3-6-13;/h1-3,5-6,9-11,17,21-22H,4,7-8,12H2;1H. The Labute approximate surface area is 151 Å². The van der Waals surface area contributed by atoms with Crippen molar-refractivity contribution in [3.05, 3.63) is 69.8 Å². The van der Waals surface area contributed by atoms with E-state index in [0.29, 0.717) is 6.04 Å². The molecule has 1 atom stereocenters. The lowest BCUT2D eigenvalue weighted by atomic mass is 9.91. The van der Waals surface area contributed by atoms with Crippen molar-refractivity contribution in [1.82, 2.24) is 10.3 Å². The Morgan fingerprint density at radius 2 is 1.96 bits per heavy atom. The maximum Gasteiger partial charge on any atom is 0.0478 e. The van der Waals surface area contributed by atoms with E-state index in [0.717, 1.165) is 11.0 Å². The fourth-order valence-corrected chi connectivity index (χ4v) is 3.84. The monoisotopic (exact) mass is 390 g/mol. The molecule has 2 aromatic carbocycles. The molecule has 1 heterocycles. The number of fused-ring (bicyclic) bond motifs is 3. The highest BCUT2D eigenvalue weighted by Crippen LogP contribution is 2.35. The first-order chi connectivity index (χ1) is 10.8. The first kappa shape index (κ1) is 16.6. The Balaban J connectivity index is 0.00000156. The third kappa shape index (κ3) is 3.32. The predicted octanol–water partition coefficient (Wildman–Crippen LogP) is 5.52. The van der Waals surface area contributed by atoms with Crippen LogP contribution in [-0.2, 0) is 13.0 Å². The SMILES string of the molecule is Brc1ccc2c3c([nH]c2c1)C(NCc1ccccc1)CCC3.Cl.